The van der Waals surface area contributed by atoms with Gasteiger partial charge in [-0.3, -0.25) is 14.5 Å². The standard InChI is InChI=1S/C14H23N3O4/c1-5-14(4)12(19)17(13(20)16-14)8-11(18)15-6-7-21-9-10(2)3/h2,5-9H2,1,3-4H3,(H,15,18)(H,16,20). The first-order valence-electron chi connectivity index (χ1n) is 6.93. The molecular weight excluding hydrogens is 274 g/mol. The highest BCUT2D eigenvalue weighted by molar-refractivity contribution is 6.08. The number of ether oxygens (including phenoxy) is 1. The maximum absolute atomic E-state index is 12.1. The van der Waals surface area contributed by atoms with E-state index in [1.54, 1.807) is 13.8 Å². The van der Waals surface area contributed by atoms with Crippen molar-refractivity contribution in [1.29, 1.82) is 0 Å². The second kappa shape index (κ2) is 7.21. The van der Waals surface area contributed by atoms with E-state index in [-0.39, 0.29) is 12.5 Å². The molecule has 0 aliphatic carbocycles. The third kappa shape index (κ3) is 4.56. The van der Waals surface area contributed by atoms with Gasteiger partial charge in [-0.15, -0.1) is 0 Å². The molecule has 0 saturated carbocycles. The highest BCUT2D eigenvalue weighted by atomic mass is 16.5. The third-order valence-corrected chi connectivity index (χ3v) is 3.27. The minimum Gasteiger partial charge on any atom is -0.375 e. The summed E-state index contributed by atoms with van der Waals surface area (Å²) in [6.07, 6.45) is 0.477. The quantitative estimate of drug-likeness (QED) is 0.386. The van der Waals surface area contributed by atoms with Crippen molar-refractivity contribution in [3.05, 3.63) is 12.2 Å². The Hall–Kier alpha value is -1.89. The van der Waals surface area contributed by atoms with E-state index in [1.807, 2.05) is 6.92 Å². The summed E-state index contributed by atoms with van der Waals surface area (Å²) < 4.78 is 5.23. The molecule has 0 aromatic rings. The average Bonchev–Trinajstić information content (AvgIpc) is 2.62. The molecule has 1 saturated heterocycles. The molecule has 0 aromatic carbocycles. The third-order valence-electron chi connectivity index (χ3n) is 3.27. The number of urea groups is 1. The number of imide groups is 1. The average molecular weight is 297 g/mol. The van der Waals surface area contributed by atoms with Crippen LogP contribution in [0.5, 0.6) is 0 Å². The lowest BCUT2D eigenvalue weighted by Gasteiger charge is -2.19. The summed E-state index contributed by atoms with van der Waals surface area (Å²) in [6, 6.07) is -0.530. The van der Waals surface area contributed by atoms with Gasteiger partial charge in [0.2, 0.25) is 5.91 Å². The molecule has 1 unspecified atom stereocenters. The Labute approximate surface area is 124 Å². The normalized spacial score (nSPS) is 21.4. The number of hydrogen-bond acceptors (Lipinski definition) is 4. The minimum atomic E-state index is -0.915. The second-order valence-electron chi connectivity index (χ2n) is 5.37. The Morgan fingerprint density at radius 1 is 1.48 bits per heavy atom. The zero-order valence-electron chi connectivity index (χ0n) is 12.8. The molecule has 0 bridgehead atoms. The predicted octanol–water partition coefficient (Wildman–Crippen LogP) is 0.416. The first-order chi connectivity index (χ1) is 9.80. The Kier molecular flexibility index (Phi) is 5.90. The largest absolute Gasteiger partial charge is 0.375 e. The van der Waals surface area contributed by atoms with Crippen molar-refractivity contribution in [1.82, 2.24) is 15.5 Å². The fraction of sp³-hybridized carbons (Fsp3) is 0.643. The number of amides is 4. The number of carbonyl (C=O) groups excluding carboxylic acids is 3. The maximum atomic E-state index is 12.1. The molecule has 21 heavy (non-hydrogen) atoms. The SMILES string of the molecule is C=C(C)COCCNC(=O)CN1C(=O)NC(C)(CC)C1=O. The van der Waals surface area contributed by atoms with Crippen LogP contribution in [0.4, 0.5) is 4.79 Å². The number of nitrogens with zero attached hydrogens (tertiary/aromatic N) is 1. The molecule has 118 valence electrons. The van der Waals surface area contributed by atoms with Crippen LogP contribution in [0.25, 0.3) is 0 Å². The topological polar surface area (TPSA) is 87.7 Å². The van der Waals surface area contributed by atoms with E-state index in [0.717, 1.165) is 10.5 Å². The highest BCUT2D eigenvalue weighted by Crippen LogP contribution is 2.20. The van der Waals surface area contributed by atoms with E-state index in [1.165, 1.54) is 0 Å². The van der Waals surface area contributed by atoms with Gasteiger partial charge in [0.05, 0.1) is 13.2 Å². The first kappa shape index (κ1) is 17.2. The Bertz CT molecular complexity index is 450. The fourth-order valence-corrected chi connectivity index (χ4v) is 1.84. The zero-order chi connectivity index (χ0) is 16.0. The molecule has 2 N–H and O–H groups in total. The van der Waals surface area contributed by atoms with Gasteiger partial charge in [-0.1, -0.05) is 19.1 Å². The summed E-state index contributed by atoms with van der Waals surface area (Å²) in [4.78, 5) is 36.5. The Morgan fingerprint density at radius 3 is 2.67 bits per heavy atom. The summed E-state index contributed by atoms with van der Waals surface area (Å²) in [6.45, 7) is 9.84. The lowest BCUT2D eigenvalue weighted by molar-refractivity contribution is -0.134. The van der Waals surface area contributed by atoms with Gasteiger partial charge in [0.1, 0.15) is 12.1 Å². The number of carbonyl (C=O) groups is 3. The number of nitrogens with one attached hydrogen (secondary N) is 2. The molecule has 7 nitrogen and oxygen atoms in total. The van der Waals surface area contributed by atoms with Gasteiger partial charge in [-0.05, 0) is 20.3 Å². The molecule has 1 fully saturated rings. The molecule has 0 aromatic heterocycles. The van der Waals surface area contributed by atoms with Crippen molar-refractivity contribution in [3.8, 4) is 0 Å². The molecule has 7 heteroatoms. The van der Waals surface area contributed by atoms with Crippen LogP contribution in [0.3, 0.4) is 0 Å². The fourth-order valence-electron chi connectivity index (χ4n) is 1.84. The maximum Gasteiger partial charge on any atom is 0.325 e. The summed E-state index contributed by atoms with van der Waals surface area (Å²) in [5.41, 5.74) is -0.0124. The van der Waals surface area contributed by atoms with Gasteiger partial charge in [0, 0.05) is 6.54 Å². The second-order valence-corrected chi connectivity index (χ2v) is 5.37. The van der Waals surface area contributed by atoms with Crippen LogP contribution in [-0.2, 0) is 14.3 Å². The number of hydrogen-bond donors (Lipinski definition) is 2. The molecule has 1 atom stereocenters. The number of rotatable bonds is 8. The molecule has 1 aliphatic heterocycles. The van der Waals surface area contributed by atoms with Crippen LogP contribution in [0.15, 0.2) is 12.2 Å². The lowest BCUT2D eigenvalue weighted by atomic mass is 9.99. The molecule has 1 aliphatic rings. The van der Waals surface area contributed by atoms with E-state index in [9.17, 15) is 14.4 Å². The summed E-state index contributed by atoms with van der Waals surface area (Å²) in [5.74, 6) is -0.763. The van der Waals surface area contributed by atoms with E-state index >= 15 is 0 Å². The minimum absolute atomic E-state index is 0.277. The van der Waals surface area contributed by atoms with Crippen LogP contribution < -0.4 is 10.6 Å². The highest BCUT2D eigenvalue weighted by Gasteiger charge is 2.46. The summed E-state index contributed by atoms with van der Waals surface area (Å²) in [7, 11) is 0. The van der Waals surface area contributed by atoms with E-state index in [0.29, 0.717) is 26.2 Å². The van der Waals surface area contributed by atoms with Crippen molar-refractivity contribution in [2.75, 3.05) is 26.3 Å². The van der Waals surface area contributed by atoms with Gasteiger partial charge in [0.25, 0.3) is 5.91 Å². The van der Waals surface area contributed by atoms with Crippen LogP contribution in [0.1, 0.15) is 27.2 Å². The molecule has 1 heterocycles. The molecule has 4 amide bonds. The predicted molar refractivity (Wildman–Crippen MR) is 77.6 cm³/mol. The van der Waals surface area contributed by atoms with Crippen molar-refractivity contribution in [2.24, 2.45) is 0 Å². The Morgan fingerprint density at radius 2 is 2.14 bits per heavy atom. The van der Waals surface area contributed by atoms with Gasteiger partial charge >= 0.3 is 6.03 Å². The van der Waals surface area contributed by atoms with Crippen LogP contribution in [-0.4, -0.2) is 54.6 Å². The summed E-state index contributed by atoms with van der Waals surface area (Å²) >= 11 is 0. The van der Waals surface area contributed by atoms with Gasteiger partial charge < -0.3 is 15.4 Å². The summed E-state index contributed by atoms with van der Waals surface area (Å²) in [5, 5.41) is 5.20. The van der Waals surface area contributed by atoms with E-state index in [4.69, 9.17) is 4.74 Å². The molecule has 0 radical (unpaired) electrons. The van der Waals surface area contributed by atoms with E-state index in [2.05, 4.69) is 17.2 Å². The van der Waals surface area contributed by atoms with Crippen molar-refractivity contribution < 1.29 is 19.1 Å². The van der Waals surface area contributed by atoms with E-state index < -0.39 is 17.5 Å². The van der Waals surface area contributed by atoms with Crippen LogP contribution >= 0.6 is 0 Å². The lowest BCUT2D eigenvalue weighted by Crippen LogP contribution is -2.45. The monoisotopic (exact) mass is 297 g/mol. The Balaban J connectivity index is 2.36. The van der Waals surface area contributed by atoms with Gasteiger partial charge in [0.15, 0.2) is 0 Å². The first-order valence-corrected chi connectivity index (χ1v) is 6.93. The van der Waals surface area contributed by atoms with Gasteiger partial charge in [-0.2, -0.15) is 0 Å². The zero-order valence-corrected chi connectivity index (χ0v) is 12.8. The smallest absolute Gasteiger partial charge is 0.325 e. The molecule has 1 rings (SSSR count). The van der Waals surface area contributed by atoms with Crippen LogP contribution in [0, 0.1) is 0 Å². The van der Waals surface area contributed by atoms with Crippen molar-refractivity contribution in [3.63, 3.8) is 0 Å². The van der Waals surface area contributed by atoms with Gasteiger partial charge in [-0.25, -0.2) is 4.79 Å². The van der Waals surface area contributed by atoms with Crippen molar-refractivity contribution in [2.45, 2.75) is 32.7 Å². The molecular formula is C14H23N3O4. The molecule has 0 spiro atoms. The van der Waals surface area contributed by atoms with Crippen molar-refractivity contribution >= 4 is 17.8 Å². The van der Waals surface area contributed by atoms with Crippen LogP contribution in [0.2, 0.25) is 0 Å².